The number of hydrogen-bond acceptors (Lipinski definition) is 4. The van der Waals surface area contributed by atoms with Crippen LogP contribution in [-0.4, -0.2) is 44.3 Å². The lowest BCUT2D eigenvalue weighted by Gasteiger charge is -2.34. The fraction of sp³-hybridized carbons (Fsp3) is 0.212. The minimum absolute atomic E-state index is 0.00424. The van der Waals surface area contributed by atoms with Crippen molar-refractivity contribution in [3.8, 4) is 0 Å². The van der Waals surface area contributed by atoms with Gasteiger partial charge in [0.25, 0.3) is 10.0 Å². The van der Waals surface area contributed by atoms with Crippen molar-refractivity contribution in [2.75, 3.05) is 17.4 Å². The highest BCUT2D eigenvalue weighted by Gasteiger charge is 2.35. The summed E-state index contributed by atoms with van der Waals surface area (Å²) in [6.45, 7) is 3.32. The first-order chi connectivity index (χ1) is 21.0. The van der Waals surface area contributed by atoms with Gasteiger partial charge in [-0.05, 0) is 67.4 Å². The quantitative estimate of drug-likeness (QED) is 0.177. The number of rotatable bonds is 12. The molecule has 0 aliphatic carbocycles. The molecule has 7 nitrogen and oxygen atoms in total. The Labute approximate surface area is 273 Å². The highest BCUT2D eigenvalue weighted by molar-refractivity contribution is 7.92. The Hall–Kier alpha value is -3.56. The average molecular weight is 673 g/mol. The zero-order chi connectivity index (χ0) is 31.9. The van der Waals surface area contributed by atoms with Crippen LogP contribution in [0.15, 0.2) is 102 Å². The molecule has 0 aromatic heterocycles. The number of carbonyl (C=O) groups excluding carboxylic acids is 2. The molecule has 0 bridgehead atoms. The largest absolute Gasteiger partial charge is 0.355 e. The molecule has 0 heterocycles. The van der Waals surface area contributed by atoms with Crippen LogP contribution in [-0.2, 0) is 32.6 Å². The molecule has 1 N–H and O–H groups in total. The molecule has 230 valence electrons. The van der Waals surface area contributed by atoms with Gasteiger partial charge in [0.15, 0.2) is 0 Å². The molecule has 1 atom stereocenters. The van der Waals surface area contributed by atoms with Crippen LogP contribution >= 0.6 is 34.8 Å². The second kappa shape index (κ2) is 14.9. The average Bonchev–Trinajstić information content (AvgIpc) is 2.99. The van der Waals surface area contributed by atoms with Crippen LogP contribution in [0.2, 0.25) is 15.1 Å². The third-order valence-electron chi connectivity index (χ3n) is 6.93. The number of benzene rings is 4. The van der Waals surface area contributed by atoms with Gasteiger partial charge in [0.1, 0.15) is 12.6 Å². The van der Waals surface area contributed by atoms with E-state index in [-0.39, 0.29) is 39.5 Å². The Bertz CT molecular complexity index is 1720. The number of carbonyl (C=O) groups is 2. The minimum Gasteiger partial charge on any atom is -0.355 e. The first-order valence-corrected chi connectivity index (χ1v) is 16.5. The van der Waals surface area contributed by atoms with Gasteiger partial charge in [0.05, 0.1) is 15.6 Å². The number of amides is 2. The van der Waals surface area contributed by atoms with Gasteiger partial charge in [-0.1, -0.05) is 95.0 Å². The Morgan fingerprint density at radius 2 is 1.48 bits per heavy atom. The van der Waals surface area contributed by atoms with E-state index in [1.165, 1.54) is 35.2 Å². The van der Waals surface area contributed by atoms with E-state index < -0.39 is 28.5 Å². The van der Waals surface area contributed by atoms with Gasteiger partial charge in [0, 0.05) is 29.6 Å². The SMILES string of the molecule is CCNC(=O)[C@H](Cc1ccccc1)N(Cc1cccc(Cl)c1)C(=O)CN(c1cc(Cl)ccc1Cl)S(=O)(=O)c1ccc(C)cc1. The van der Waals surface area contributed by atoms with Crippen LogP contribution in [0.3, 0.4) is 0 Å². The van der Waals surface area contributed by atoms with Crippen LogP contribution in [0.25, 0.3) is 0 Å². The van der Waals surface area contributed by atoms with E-state index in [0.717, 1.165) is 15.4 Å². The lowest BCUT2D eigenvalue weighted by molar-refractivity contribution is -0.140. The van der Waals surface area contributed by atoms with E-state index >= 15 is 0 Å². The molecular formula is C33H32Cl3N3O4S. The summed E-state index contributed by atoms with van der Waals surface area (Å²) in [5.74, 6) is -0.996. The Morgan fingerprint density at radius 3 is 2.14 bits per heavy atom. The molecule has 0 unspecified atom stereocenters. The molecule has 0 saturated carbocycles. The lowest BCUT2D eigenvalue weighted by atomic mass is 10.0. The fourth-order valence-electron chi connectivity index (χ4n) is 4.71. The van der Waals surface area contributed by atoms with Crippen LogP contribution in [0.4, 0.5) is 5.69 Å². The number of nitrogens with zero attached hydrogens (tertiary/aromatic N) is 2. The van der Waals surface area contributed by atoms with Gasteiger partial charge in [-0.2, -0.15) is 0 Å². The van der Waals surface area contributed by atoms with E-state index in [2.05, 4.69) is 5.32 Å². The van der Waals surface area contributed by atoms with Gasteiger partial charge < -0.3 is 10.2 Å². The molecule has 0 fully saturated rings. The number of nitrogens with one attached hydrogen (secondary N) is 1. The number of anilines is 1. The normalized spacial score (nSPS) is 11.9. The fourth-order valence-corrected chi connectivity index (χ4v) is 6.78. The summed E-state index contributed by atoms with van der Waals surface area (Å²) in [6.07, 6.45) is 0.196. The molecule has 11 heteroatoms. The van der Waals surface area contributed by atoms with Crippen molar-refractivity contribution in [3.63, 3.8) is 0 Å². The van der Waals surface area contributed by atoms with E-state index in [4.69, 9.17) is 34.8 Å². The Balaban J connectivity index is 1.83. The molecule has 0 spiro atoms. The number of aryl methyl sites for hydroxylation is 1. The van der Waals surface area contributed by atoms with Crippen molar-refractivity contribution in [3.05, 3.63) is 129 Å². The van der Waals surface area contributed by atoms with Crippen LogP contribution in [0, 0.1) is 6.92 Å². The van der Waals surface area contributed by atoms with Gasteiger partial charge in [-0.15, -0.1) is 0 Å². The number of halogens is 3. The molecule has 0 aliphatic rings. The molecule has 4 aromatic carbocycles. The minimum atomic E-state index is -4.31. The van der Waals surface area contributed by atoms with E-state index in [1.807, 2.05) is 37.3 Å². The predicted octanol–water partition coefficient (Wildman–Crippen LogP) is 6.93. The van der Waals surface area contributed by atoms with Gasteiger partial charge in [0.2, 0.25) is 11.8 Å². The first kappa shape index (κ1) is 33.3. The van der Waals surface area contributed by atoms with Crippen molar-refractivity contribution in [2.45, 2.75) is 37.8 Å². The van der Waals surface area contributed by atoms with Crippen molar-refractivity contribution >= 4 is 62.3 Å². The molecule has 0 radical (unpaired) electrons. The maximum Gasteiger partial charge on any atom is 0.264 e. The van der Waals surface area contributed by atoms with Crippen LogP contribution < -0.4 is 9.62 Å². The van der Waals surface area contributed by atoms with Crippen LogP contribution in [0.5, 0.6) is 0 Å². The molecule has 44 heavy (non-hydrogen) atoms. The first-order valence-electron chi connectivity index (χ1n) is 13.9. The van der Waals surface area contributed by atoms with Crippen molar-refractivity contribution in [1.29, 1.82) is 0 Å². The summed E-state index contributed by atoms with van der Waals surface area (Å²) in [5.41, 5.74) is 2.40. The smallest absolute Gasteiger partial charge is 0.264 e. The summed E-state index contributed by atoms with van der Waals surface area (Å²) in [7, 11) is -4.31. The van der Waals surface area contributed by atoms with Gasteiger partial charge in [-0.3, -0.25) is 13.9 Å². The van der Waals surface area contributed by atoms with Crippen molar-refractivity contribution in [2.24, 2.45) is 0 Å². The standard InChI is InChI=1S/C33H32Cl3N3O4S/c1-3-37-33(41)31(19-24-8-5-4-6-9-24)38(21-25-10-7-11-26(34)18-25)32(40)22-39(30-20-27(35)14-17-29(30)36)44(42,43)28-15-12-23(2)13-16-28/h4-18,20,31H,3,19,21-22H2,1-2H3,(H,37,41)/t31-/m0/s1. The number of hydrogen-bond donors (Lipinski definition) is 1. The van der Waals surface area contributed by atoms with Gasteiger partial charge >= 0.3 is 0 Å². The summed E-state index contributed by atoms with van der Waals surface area (Å²) < 4.78 is 29.2. The van der Waals surface area contributed by atoms with Crippen molar-refractivity contribution < 1.29 is 18.0 Å². The topological polar surface area (TPSA) is 86.8 Å². The molecule has 0 aliphatic heterocycles. The van der Waals surface area contributed by atoms with E-state index in [9.17, 15) is 18.0 Å². The zero-order valence-corrected chi connectivity index (χ0v) is 27.3. The lowest BCUT2D eigenvalue weighted by Crippen LogP contribution is -2.53. The summed E-state index contributed by atoms with van der Waals surface area (Å²) >= 11 is 19.1. The number of sulfonamides is 1. The molecule has 4 aromatic rings. The monoisotopic (exact) mass is 671 g/mol. The van der Waals surface area contributed by atoms with E-state index in [0.29, 0.717) is 17.1 Å². The molecular weight excluding hydrogens is 641 g/mol. The molecule has 0 saturated heterocycles. The number of likely N-dealkylation sites (N-methyl/N-ethyl adjacent to an activating group) is 1. The summed E-state index contributed by atoms with van der Waals surface area (Å²) in [6, 6.07) is 26.0. The second-order valence-electron chi connectivity index (χ2n) is 10.2. The maximum absolute atomic E-state index is 14.4. The highest BCUT2D eigenvalue weighted by Crippen LogP contribution is 2.33. The summed E-state index contributed by atoms with van der Waals surface area (Å²) in [4.78, 5) is 29.3. The molecule has 2 amide bonds. The Kier molecular flexibility index (Phi) is 11.3. The highest BCUT2D eigenvalue weighted by atomic mass is 35.5. The van der Waals surface area contributed by atoms with Crippen molar-refractivity contribution in [1.82, 2.24) is 10.2 Å². The maximum atomic E-state index is 14.4. The third kappa shape index (κ3) is 8.33. The zero-order valence-electron chi connectivity index (χ0n) is 24.2. The third-order valence-corrected chi connectivity index (χ3v) is 9.49. The Morgan fingerprint density at radius 1 is 0.818 bits per heavy atom. The molecule has 4 rings (SSSR count). The predicted molar refractivity (Wildman–Crippen MR) is 177 cm³/mol. The van der Waals surface area contributed by atoms with Crippen LogP contribution in [0.1, 0.15) is 23.6 Å². The van der Waals surface area contributed by atoms with Gasteiger partial charge in [-0.25, -0.2) is 8.42 Å². The van der Waals surface area contributed by atoms with E-state index in [1.54, 1.807) is 43.3 Å². The summed E-state index contributed by atoms with van der Waals surface area (Å²) in [5, 5.41) is 3.62. The second-order valence-corrected chi connectivity index (χ2v) is 13.3.